The average Bonchev–Trinajstić information content (AvgIpc) is 3.10. The van der Waals surface area contributed by atoms with Gasteiger partial charge in [-0.3, -0.25) is 9.59 Å². The first-order chi connectivity index (χ1) is 23.5. The van der Waals surface area contributed by atoms with Gasteiger partial charge in [-0.2, -0.15) is 18.2 Å². The highest BCUT2D eigenvalue weighted by Gasteiger charge is 2.47. The van der Waals surface area contributed by atoms with E-state index in [1.54, 1.807) is 25.1 Å². The summed E-state index contributed by atoms with van der Waals surface area (Å²) in [6.07, 6.45) is 3.43. The second-order valence-corrected chi connectivity index (χ2v) is 12.6. The number of aromatic nitrogens is 2. The number of carbonyl (C=O) groups is 2. The van der Waals surface area contributed by atoms with Crippen LogP contribution >= 0.6 is 0 Å². The number of nitrogens with zero attached hydrogens (tertiary/aromatic N) is 3. The summed E-state index contributed by atoms with van der Waals surface area (Å²) in [6, 6.07) is 10.4. The van der Waals surface area contributed by atoms with E-state index < -0.39 is 28.9 Å². The third-order valence-corrected chi connectivity index (χ3v) is 9.58. The molecule has 3 aliphatic rings. The number of morpholine rings is 1. The van der Waals surface area contributed by atoms with Crippen molar-refractivity contribution in [1.82, 2.24) is 20.2 Å². The van der Waals surface area contributed by atoms with Crippen LogP contribution in [-0.4, -0.2) is 73.2 Å². The fourth-order valence-electron chi connectivity index (χ4n) is 7.00. The Hall–Kier alpha value is -4.85. The maximum Gasteiger partial charge on any atom is 0.421 e. The average molecular weight is 680 g/mol. The zero-order valence-electron chi connectivity index (χ0n) is 27.6. The molecule has 11 nitrogen and oxygen atoms in total. The van der Waals surface area contributed by atoms with Gasteiger partial charge in [-0.05, 0) is 62.3 Å². The highest BCUT2D eigenvalue weighted by molar-refractivity contribution is 6.01. The quantitative estimate of drug-likeness (QED) is 0.200. The van der Waals surface area contributed by atoms with Crippen LogP contribution in [0, 0.1) is 18.3 Å². The Kier molecular flexibility index (Phi) is 9.68. The first kappa shape index (κ1) is 34.0. The molecule has 2 aliphatic carbocycles. The van der Waals surface area contributed by atoms with Gasteiger partial charge >= 0.3 is 6.18 Å². The smallest absolute Gasteiger partial charge is 0.421 e. The lowest BCUT2D eigenvalue weighted by molar-refractivity contribution is -0.146. The van der Waals surface area contributed by atoms with E-state index >= 15 is 0 Å². The molecule has 14 heteroatoms. The highest BCUT2D eigenvalue weighted by atomic mass is 19.4. The molecule has 4 N–H and O–H groups in total. The van der Waals surface area contributed by atoms with E-state index in [1.165, 1.54) is 20.2 Å². The number of alkyl halides is 3. The van der Waals surface area contributed by atoms with Crippen LogP contribution in [0.25, 0.3) is 0 Å². The van der Waals surface area contributed by atoms with Crippen LogP contribution in [0.1, 0.15) is 47.2 Å². The Labute approximate surface area is 282 Å². The van der Waals surface area contributed by atoms with Crippen LogP contribution in [0.3, 0.4) is 0 Å². The molecular formula is C35H40F3N7O4. The van der Waals surface area contributed by atoms with E-state index in [0.717, 1.165) is 31.4 Å². The van der Waals surface area contributed by atoms with Crippen LogP contribution in [0.15, 0.2) is 54.7 Å². The number of ether oxygens (including phenoxy) is 2. The largest absolute Gasteiger partial charge is 0.494 e. The zero-order valence-corrected chi connectivity index (χ0v) is 27.6. The fourth-order valence-corrected chi connectivity index (χ4v) is 7.00. The molecular weight excluding hydrogens is 639 g/mol. The van der Waals surface area contributed by atoms with Gasteiger partial charge in [0.1, 0.15) is 17.1 Å². The third-order valence-electron chi connectivity index (χ3n) is 9.58. The first-order valence-corrected chi connectivity index (χ1v) is 16.3. The molecule has 2 amide bonds. The summed E-state index contributed by atoms with van der Waals surface area (Å²) in [5, 5.41) is 11.9. The lowest BCUT2D eigenvalue weighted by atomic mass is 9.63. The summed E-state index contributed by atoms with van der Waals surface area (Å²) in [6.45, 7) is 4.08. The highest BCUT2D eigenvalue weighted by Crippen LogP contribution is 2.48. The number of allylic oxidation sites excluding steroid dienone is 1. The van der Waals surface area contributed by atoms with Gasteiger partial charge in [0.15, 0.2) is 0 Å². The van der Waals surface area contributed by atoms with Crippen LogP contribution < -0.4 is 26.0 Å². The van der Waals surface area contributed by atoms with E-state index in [-0.39, 0.29) is 35.1 Å². The predicted molar refractivity (Wildman–Crippen MR) is 180 cm³/mol. The Morgan fingerprint density at radius 2 is 1.92 bits per heavy atom. The number of carbonyl (C=O) groups excluding carboxylic acids is 2. The Bertz CT molecular complexity index is 1740. The Morgan fingerprint density at radius 3 is 2.65 bits per heavy atom. The van der Waals surface area contributed by atoms with Gasteiger partial charge in [-0.25, -0.2) is 4.98 Å². The molecule has 1 aliphatic heterocycles. The molecule has 2 heterocycles. The second kappa shape index (κ2) is 13.9. The molecule has 1 saturated carbocycles. The standard InChI is InChI=1S/C35H40F3N7O4/c1-21-6-4-8-24(31(46)39-2)29(21)43-30-25(35(36,37)38)20-40-33(44-30)42-27-10-9-23(18-28(27)48-3)41-26-11-13-34(12-5-7-22(26)19-34)32(47)45-14-16-49-17-15-45/h4-6,8-10,12,18,20,22,26,41H,7,11,13-17,19H2,1-3H3,(H,39,46)(H2,40,42,43,44). The maximum absolute atomic E-state index is 14.0. The van der Waals surface area contributed by atoms with Gasteiger partial charge in [0.2, 0.25) is 11.9 Å². The van der Waals surface area contributed by atoms with Crippen molar-refractivity contribution >= 4 is 40.6 Å². The van der Waals surface area contributed by atoms with Crippen LogP contribution in [-0.2, 0) is 15.7 Å². The number of aryl methyl sites for hydroxylation is 1. The number of amides is 2. The molecule has 49 heavy (non-hydrogen) atoms. The van der Waals surface area contributed by atoms with Crippen molar-refractivity contribution < 1.29 is 32.2 Å². The van der Waals surface area contributed by atoms with Gasteiger partial charge in [-0.1, -0.05) is 24.3 Å². The normalized spacial score (nSPS) is 21.9. The second-order valence-electron chi connectivity index (χ2n) is 12.6. The molecule has 2 fully saturated rings. The molecule has 260 valence electrons. The molecule has 1 aromatic heterocycles. The molecule has 1 saturated heterocycles. The minimum absolute atomic E-state index is 0.105. The zero-order chi connectivity index (χ0) is 34.8. The summed E-state index contributed by atoms with van der Waals surface area (Å²) in [5.74, 6) is -0.173. The van der Waals surface area contributed by atoms with Crippen molar-refractivity contribution in [3.05, 3.63) is 71.4 Å². The number of benzene rings is 2. The Morgan fingerprint density at radius 1 is 1.12 bits per heavy atom. The first-order valence-electron chi connectivity index (χ1n) is 16.3. The summed E-state index contributed by atoms with van der Waals surface area (Å²) < 4.78 is 53.2. The summed E-state index contributed by atoms with van der Waals surface area (Å²) in [5.41, 5.74) is 0.628. The summed E-state index contributed by atoms with van der Waals surface area (Å²) in [4.78, 5) is 36.1. The third kappa shape index (κ3) is 7.14. The number of rotatable bonds is 9. The van der Waals surface area contributed by atoms with Gasteiger partial charge in [-0.15, -0.1) is 0 Å². The summed E-state index contributed by atoms with van der Waals surface area (Å²) >= 11 is 0. The molecule has 6 rings (SSSR count). The van der Waals surface area contributed by atoms with E-state index in [0.29, 0.717) is 49.5 Å². The number of para-hydroxylation sites is 1. The van der Waals surface area contributed by atoms with Gasteiger partial charge in [0.25, 0.3) is 5.91 Å². The molecule has 0 radical (unpaired) electrons. The topological polar surface area (TPSA) is 130 Å². The molecule has 3 unspecified atom stereocenters. The number of anilines is 5. The number of methoxy groups -OCH3 is 1. The van der Waals surface area contributed by atoms with Crippen molar-refractivity contribution in [2.45, 2.75) is 44.8 Å². The number of fused-ring (bicyclic) bond motifs is 2. The number of nitrogens with one attached hydrogen (secondary N) is 4. The van der Waals surface area contributed by atoms with Crippen molar-refractivity contribution in [2.75, 3.05) is 56.4 Å². The van der Waals surface area contributed by atoms with Crippen LogP contribution in [0.5, 0.6) is 5.75 Å². The Balaban J connectivity index is 1.19. The van der Waals surface area contributed by atoms with E-state index in [1.807, 2.05) is 17.0 Å². The van der Waals surface area contributed by atoms with Crippen molar-refractivity contribution in [3.8, 4) is 5.75 Å². The van der Waals surface area contributed by atoms with Crippen LogP contribution in [0.2, 0.25) is 0 Å². The summed E-state index contributed by atoms with van der Waals surface area (Å²) in [7, 11) is 2.95. The minimum atomic E-state index is -4.76. The number of hydrogen-bond acceptors (Lipinski definition) is 9. The molecule has 3 atom stereocenters. The van der Waals surface area contributed by atoms with Gasteiger partial charge in [0.05, 0.1) is 42.7 Å². The SMILES string of the molecule is CNC(=O)c1cccc(C)c1Nc1nc(Nc2ccc(NC3CCC4(C(=O)N5CCOCC5)C=CCC3C4)cc2OC)ncc1C(F)(F)F. The molecule has 2 bridgehead atoms. The van der Waals surface area contributed by atoms with Crippen molar-refractivity contribution in [1.29, 1.82) is 0 Å². The van der Waals surface area contributed by atoms with E-state index in [9.17, 15) is 22.8 Å². The van der Waals surface area contributed by atoms with E-state index in [2.05, 4.69) is 43.4 Å². The predicted octanol–water partition coefficient (Wildman–Crippen LogP) is 6.04. The van der Waals surface area contributed by atoms with Gasteiger partial charge in [0, 0.05) is 44.1 Å². The lowest BCUT2D eigenvalue weighted by Gasteiger charge is -2.47. The maximum atomic E-state index is 14.0. The fraction of sp³-hybridized carbons (Fsp3) is 0.429. The minimum Gasteiger partial charge on any atom is -0.494 e. The molecule has 3 aromatic rings. The number of halogens is 3. The molecule has 2 aromatic carbocycles. The van der Waals surface area contributed by atoms with Gasteiger partial charge < -0.3 is 35.6 Å². The lowest BCUT2D eigenvalue weighted by Crippen LogP contribution is -2.53. The van der Waals surface area contributed by atoms with Crippen molar-refractivity contribution in [3.63, 3.8) is 0 Å². The van der Waals surface area contributed by atoms with Crippen LogP contribution in [0.4, 0.5) is 42.0 Å². The van der Waals surface area contributed by atoms with Crippen molar-refractivity contribution in [2.24, 2.45) is 11.3 Å². The van der Waals surface area contributed by atoms with E-state index in [4.69, 9.17) is 9.47 Å². The monoisotopic (exact) mass is 679 g/mol. The molecule has 0 spiro atoms. The number of hydrogen-bond donors (Lipinski definition) is 4.